The van der Waals surface area contributed by atoms with Crippen molar-refractivity contribution in [3.05, 3.63) is 60.4 Å². The van der Waals surface area contributed by atoms with Crippen LogP contribution in [0.15, 0.2) is 54.7 Å². The Balaban J connectivity index is 2.12. The van der Waals surface area contributed by atoms with Gasteiger partial charge in [-0.25, -0.2) is 0 Å². The molecule has 1 N–H and O–H groups in total. The number of hydrogen-bond acceptors (Lipinski definition) is 5. The highest BCUT2D eigenvalue weighted by Gasteiger charge is 2.13. The zero-order valence-corrected chi connectivity index (χ0v) is 16.4. The molecule has 0 aliphatic carbocycles. The third-order valence-corrected chi connectivity index (χ3v) is 4.65. The van der Waals surface area contributed by atoms with Crippen LogP contribution in [-0.2, 0) is 6.42 Å². The van der Waals surface area contributed by atoms with Crippen LogP contribution in [0.4, 0.5) is 0 Å². The SMILES string of the molecule is COc1ccc(-c2cnc(CCCO)cc2-c2ccc(OC)c(OC)c2)cc1. The smallest absolute Gasteiger partial charge is 0.161 e. The van der Waals surface area contributed by atoms with Gasteiger partial charge in [0.25, 0.3) is 0 Å². The van der Waals surface area contributed by atoms with Gasteiger partial charge >= 0.3 is 0 Å². The topological polar surface area (TPSA) is 60.8 Å². The van der Waals surface area contributed by atoms with Crippen molar-refractivity contribution in [3.63, 3.8) is 0 Å². The molecule has 0 spiro atoms. The lowest BCUT2D eigenvalue weighted by atomic mass is 9.94. The van der Waals surface area contributed by atoms with E-state index in [4.69, 9.17) is 19.3 Å². The largest absolute Gasteiger partial charge is 0.497 e. The Bertz CT molecular complexity index is 922. The van der Waals surface area contributed by atoms with Gasteiger partial charge < -0.3 is 19.3 Å². The van der Waals surface area contributed by atoms with E-state index in [1.165, 1.54) is 0 Å². The Morgan fingerprint density at radius 3 is 2.14 bits per heavy atom. The van der Waals surface area contributed by atoms with Gasteiger partial charge in [0.1, 0.15) is 5.75 Å². The maximum atomic E-state index is 9.15. The lowest BCUT2D eigenvalue weighted by molar-refractivity contribution is 0.288. The molecule has 1 aromatic heterocycles. The molecule has 3 rings (SSSR count). The van der Waals surface area contributed by atoms with Gasteiger partial charge in [0.05, 0.1) is 21.3 Å². The van der Waals surface area contributed by atoms with Gasteiger partial charge in [-0.2, -0.15) is 0 Å². The van der Waals surface area contributed by atoms with E-state index in [0.29, 0.717) is 17.9 Å². The van der Waals surface area contributed by atoms with Gasteiger partial charge in [0, 0.05) is 24.1 Å². The molecule has 3 aromatic rings. The van der Waals surface area contributed by atoms with Crippen LogP contribution in [0, 0.1) is 0 Å². The van der Waals surface area contributed by atoms with Crippen LogP contribution >= 0.6 is 0 Å². The number of ether oxygens (including phenoxy) is 3. The van der Waals surface area contributed by atoms with Gasteiger partial charge in [-0.15, -0.1) is 0 Å². The van der Waals surface area contributed by atoms with E-state index in [2.05, 4.69) is 11.1 Å². The number of methoxy groups -OCH3 is 3. The van der Waals surface area contributed by atoms with Crippen molar-refractivity contribution in [1.82, 2.24) is 4.98 Å². The molecule has 0 saturated carbocycles. The molecular formula is C23H25NO4. The Kier molecular flexibility index (Phi) is 6.50. The monoisotopic (exact) mass is 379 g/mol. The highest BCUT2D eigenvalue weighted by atomic mass is 16.5. The van der Waals surface area contributed by atoms with Crippen LogP contribution in [-0.4, -0.2) is 38.0 Å². The van der Waals surface area contributed by atoms with Gasteiger partial charge in [0.2, 0.25) is 0 Å². The molecule has 28 heavy (non-hydrogen) atoms. The second kappa shape index (κ2) is 9.24. The lowest BCUT2D eigenvalue weighted by Crippen LogP contribution is -1.97. The first-order chi connectivity index (χ1) is 13.7. The lowest BCUT2D eigenvalue weighted by Gasteiger charge is -2.15. The van der Waals surface area contributed by atoms with Gasteiger partial charge in [-0.3, -0.25) is 4.98 Å². The first-order valence-electron chi connectivity index (χ1n) is 9.16. The number of benzene rings is 2. The molecule has 0 radical (unpaired) electrons. The van der Waals surface area contributed by atoms with Crippen molar-refractivity contribution in [1.29, 1.82) is 0 Å². The van der Waals surface area contributed by atoms with E-state index in [1.54, 1.807) is 21.3 Å². The van der Waals surface area contributed by atoms with Crippen LogP contribution < -0.4 is 14.2 Å². The van der Waals surface area contributed by atoms with Crippen LogP contribution in [0.1, 0.15) is 12.1 Å². The predicted molar refractivity (Wildman–Crippen MR) is 110 cm³/mol. The standard InChI is InChI=1S/C23H25NO4/c1-26-19-9-6-16(7-10-19)21-15-24-18(5-4-12-25)14-20(21)17-8-11-22(27-2)23(13-17)28-3/h6-11,13-15,25H,4-5,12H2,1-3H3. The molecule has 0 aliphatic rings. The third-order valence-electron chi connectivity index (χ3n) is 4.65. The van der Waals surface area contributed by atoms with Crippen molar-refractivity contribution in [2.75, 3.05) is 27.9 Å². The number of nitrogens with zero attached hydrogens (tertiary/aromatic N) is 1. The number of pyridine rings is 1. The molecule has 1 heterocycles. The summed E-state index contributed by atoms with van der Waals surface area (Å²) >= 11 is 0. The molecule has 0 amide bonds. The molecule has 2 aromatic carbocycles. The maximum Gasteiger partial charge on any atom is 0.161 e. The Morgan fingerprint density at radius 1 is 0.786 bits per heavy atom. The Hall–Kier alpha value is -3.05. The zero-order valence-electron chi connectivity index (χ0n) is 16.4. The minimum atomic E-state index is 0.146. The number of hydrogen-bond donors (Lipinski definition) is 1. The van der Waals surface area contributed by atoms with E-state index in [1.807, 2.05) is 48.7 Å². The zero-order chi connectivity index (χ0) is 19.9. The molecular weight excluding hydrogens is 354 g/mol. The fraction of sp³-hybridized carbons (Fsp3) is 0.261. The number of aliphatic hydroxyl groups excluding tert-OH is 1. The molecule has 5 heteroatoms. The minimum Gasteiger partial charge on any atom is -0.497 e. The maximum absolute atomic E-state index is 9.15. The summed E-state index contributed by atoms with van der Waals surface area (Å²) in [4.78, 5) is 4.60. The number of aromatic nitrogens is 1. The van der Waals surface area contributed by atoms with Crippen molar-refractivity contribution >= 4 is 0 Å². The van der Waals surface area contributed by atoms with Crippen molar-refractivity contribution in [3.8, 4) is 39.5 Å². The number of rotatable bonds is 8. The van der Waals surface area contributed by atoms with Gasteiger partial charge in [0.15, 0.2) is 11.5 Å². The highest BCUT2D eigenvalue weighted by Crippen LogP contribution is 2.37. The van der Waals surface area contributed by atoms with E-state index < -0.39 is 0 Å². The van der Waals surface area contributed by atoms with Crippen LogP contribution in [0.5, 0.6) is 17.2 Å². The summed E-state index contributed by atoms with van der Waals surface area (Å²) in [5.74, 6) is 2.17. The van der Waals surface area contributed by atoms with Gasteiger partial charge in [-0.1, -0.05) is 18.2 Å². The molecule has 146 valence electrons. The number of aryl methyl sites for hydroxylation is 1. The van der Waals surface area contributed by atoms with E-state index in [0.717, 1.165) is 40.1 Å². The van der Waals surface area contributed by atoms with Crippen LogP contribution in [0.25, 0.3) is 22.3 Å². The molecule has 0 fully saturated rings. The average molecular weight is 379 g/mol. The first-order valence-corrected chi connectivity index (χ1v) is 9.16. The summed E-state index contributed by atoms with van der Waals surface area (Å²) in [6.07, 6.45) is 3.29. The average Bonchev–Trinajstić information content (AvgIpc) is 2.77. The van der Waals surface area contributed by atoms with Crippen molar-refractivity contribution in [2.45, 2.75) is 12.8 Å². The summed E-state index contributed by atoms with van der Waals surface area (Å²) in [6.45, 7) is 0.146. The summed E-state index contributed by atoms with van der Waals surface area (Å²) in [7, 11) is 4.91. The molecule has 0 aliphatic heterocycles. The van der Waals surface area contributed by atoms with Crippen LogP contribution in [0.2, 0.25) is 0 Å². The van der Waals surface area contributed by atoms with Gasteiger partial charge in [-0.05, 0) is 59.9 Å². The fourth-order valence-electron chi connectivity index (χ4n) is 3.14. The minimum absolute atomic E-state index is 0.146. The highest BCUT2D eigenvalue weighted by molar-refractivity contribution is 5.84. The summed E-state index contributed by atoms with van der Waals surface area (Å²) in [5, 5.41) is 9.15. The predicted octanol–water partition coefficient (Wildman–Crippen LogP) is 4.37. The van der Waals surface area contributed by atoms with Crippen LogP contribution in [0.3, 0.4) is 0 Å². The summed E-state index contributed by atoms with van der Waals surface area (Å²) in [6, 6.07) is 15.9. The molecule has 0 bridgehead atoms. The fourth-order valence-corrected chi connectivity index (χ4v) is 3.14. The van der Waals surface area contributed by atoms with E-state index >= 15 is 0 Å². The Labute approximate surface area is 165 Å². The number of aliphatic hydroxyl groups is 1. The Morgan fingerprint density at radius 2 is 1.50 bits per heavy atom. The summed E-state index contributed by atoms with van der Waals surface area (Å²) in [5.41, 5.74) is 5.07. The van der Waals surface area contributed by atoms with E-state index in [9.17, 15) is 0 Å². The van der Waals surface area contributed by atoms with Crippen molar-refractivity contribution in [2.24, 2.45) is 0 Å². The molecule has 0 saturated heterocycles. The second-order valence-electron chi connectivity index (χ2n) is 6.35. The molecule has 5 nitrogen and oxygen atoms in total. The molecule has 0 atom stereocenters. The van der Waals surface area contributed by atoms with Crippen molar-refractivity contribution < 1.29 is 19.3 Å². The van der Waals surface area contributed by atoms with E-state index in [-0.39, 0.29) is 6.61 Å². The second-order valence-corrected chi connectivity index (χ2v) is 6.35. The normalized spacial score (nSPS) is 10.6. The quantitative estimate of drug-likeness (QED) is 0.630. The summed E-state index contributed by atoms with van der Waals surface area (Å²) < 4.78 is 16.1. The first kappa shape index (κ1) is 19.7. The third kappa shape index (κ3) is 4.26. The molecule has 0 unspecified atom stereocenters.